The zero-order chi connectivity index (χ0) is 16.7. The van der Waals surface area contributed by atoms with Crippen molar-refractivity contribution >= 4 is 6.03 Å². The Morgan fingerprint density at radius 2 is 2.17 bits per heavy atom. The number of hydrogen-bond donors (Lipinski definition) is 2. The van der Waals surface area contributed by atoms with Gasteiger partial charge in [-0.1, -0.05) is 30.3 Å². The maximum absolute atomic E-state index is 12.0. The average molecular weight is 319 g/mol. The fourth-order valence-electron chi connectivity index (χ4n) is 2.89. The van der Waals surface area contributed by atoms with Crippen molar-refractivity contribution in [1.82, 2.24) is 15.1 Å². The van der Waals surface area contributed by atoms with Gasteiger partial charge in [-0.3, -0.25) is 0 Å². The summed E-state index contributed by atoms with van der Waals surface area (Å²) >= 11 is 0. The van der Waals surface area contributed by atoms with E-state index in [1.54, 1.807) is 11.9 Å². The van der Waals surface area contributed by atoms with Gasteiger partial charge in [0.05, 0.1) is 12.6 Å². The van der Waals surface area contributed by atoms with Crippen LogP contribution in [-0.4, -0.2) is 66.8 Å². The number of nitrogens with zero attached hydrogens (tertiary/aromatic N) is 2. The van der Waals surface area contributed by atoms with E-state index in [4.69, 9.17) is 5.11 Å². The van der Waals surface area contributed by atoms with Gasteiger partial charge >= 0.3 is 6.03 Å². The van der Waals surface area contributed by atoms with E-state index in [0.717, 1.165) is 32.5 Å². The van der Waals surface area contributed by atoms with Gasteiger partial charge < -0.3 is 20.2 Å². The van der Waals surface area contributed by atoms with Crippen molar-refractivity contribution in [3.63, 3.8) is 0 Å². The summed E-state index contributed by atoms with van der Waals surface area (Å²) in [6.45, 7) is 5.77. The van der Waals surface area contributed by atoms with Crippen LogP contribution in [0.2, 0.25) is 0 Å². The van der Waals surface area contributed by atoms with E-state index in [1.807, 2.05) is 13.0 Å². The number of carbonyl (C=O) groups is 1. The van der Waals surface area contributed by atoms with Crippen molar-refractivity contribution in [3.05, 3.63) is 35.9 Å². The highest BCUT2D eigenvalue weighted by atomic mass is 16.3. The second-order valence-electron chi connectivity index (χ2n) is 6.52. The highest BCUT2D eigenvalue weighted by Crippen LogP contribution is 2.16. The number of carbonyl (C=O) groups excluding carboxylic acids is 1. The molecule has 1 aromatic rings. The predicted molar refractivity (Wildman–Crippen MR) is 92.4 cm³/mol. The van der Waals surface area contributed by atoms with E-state index >= 15 is 0 Å². The van der Waals surface area contributed by atoms with Gasteiger partial charge in [-0.2, -0.15) is 0 Å². The van der Waals surface area contributed by atoms with Crippen molar-refractivity contribution in [2.45, 2.75) is 25.8 Å². The van der Waals surface area contributed by atoms with Crippen LogP contribution in [0.3, 0.4) is 0 Å². The molecule has 5 heteroatoms. The standard InChI is InChI=1S/C18H29N3O2/c1-15(14-22)20(2)18(23)19-12-17-9-11-21(13-17)10-8-16-6-4-3-5-7-16/h3-7,15,17,22H,8-14H2,1-2H3,(H,19,23). The van der Waals surface area contributed by atoms with E-state index in [-0.39, 0.29) is 18.7 Å². The summed E-state index contributed by atoms with van der Waals surface area (Å²) in [5, 5.41) is 12.1. The van der Waals surface area contributed by atoms with Gasteiger partial charge in [0.2, 0.25) is 0 Å². The quantitative estimate of drug-likeness (QED) is 0.802. The van der Waals surface area contributed by atoms with E-state index < -0.39 is 0 Å². The third-order valence-corrected chi connectivity index (χ3v) is 4.72. The molecule has 2 unspecified atom stereocenters. The largest absolute Gasteiger partial charge is 0.394 e. The summed E-state index contributed by atoms with van der Waals surface area (Å²) in [7, 11) is 1.72. The molecule has 0 aliphatic carbocycles. The number of urea groups is 1. The van der Waals surface area contributed by atoms with Crippen LogP contribution in [0.4, 0.5) is 4.79 Å². The molecule has 5 nitrogen and oxygen atoms in total. The van der Waals surface area contributed by atoms with Crippen LogP contribution in [0.1, 0.15) is 18.9 Å². The van der Waals surface area contributed by atoms with Crippen molar-refractivity contribution in [1.29, 1.82) is 0 Å². The van der Waals surface area contributed by atoms with Gasteiger partial charge in [-0.25, -0.2) is 4.79 Å². The summed E-state index contributed by atoms with van der Waals surface area (Å²) in [6, 6.07) is 10.3. The molecule has 1 saturated heterocycles. The molecular weight excluding hydrogens is 290 g/mol. The lowest BCUT2D eigenvalue weighted by Crippen LogP contribution is -2.45. The number of hydrogen-bond acceptors (Lipinski definition) is 3. The van der Waals surface area contributed by atoms with Gasteiger partial charge in [0.1, 0.15) is 0 Å². The van der Waals surface area contributed by atoms with Crippen LogP contribution in [0.25, 0.3) is 0 Å². The number of likely N-dealkylation sites (N-methyl/N-ethyl adjacent to an activating group) is 1. The molecule has 2 N–H and O–H groups in total. The molecule has 0 bridgehead atoms. The Morgan fingerprint density at radius 3 is 2.87 bits per heavy atom. The number of rotatable bonds is 7. The molecule has 0 saturated carbocycles. The molecule has 0 spiro atoms. The fourth-order valence-corrected chi connectivity index (χ4v) is 2.89. The van der Waals surface area contributed by atoms with Gasteiger partial charge in [0, 0.05) is 26.7 Å². The Morgan fingerprint density at radius 1 is 1.43 bits per heavy atom. The highest BCUT2D eigenvalue weighted by Gasteiger charge is 2.23. The van der Waals surface area contributed by atoms with Crippen LogP contribution in [-0.2, 0) is 6.42 Å². The molecule has 2 rings (SSSR count). The maximum atomic E-state index is 12.0. The number of nitrogens with one attached hydrogen (secondary N) is 1. The number of amides is 2. The van der Waals surface area contributed by atoms with E-state index in [2.05, 4.69) is 34.5 Å². The van der Waals surface area contributed by atoms with Gasteiger partial charge in [0.25, 0.3) is 0 Å². The van der Waals surface area contributed by atoms with Crippen molar-refractivity contribution in [2.75, 3.05) is 39.8 Å². The van der Waals surface area contributed by atoms with E-state index in [1.165, 1.54) is 5.56 Å². The molecule has 1 heterocycles. The Balaban J connectivity index is 1.66. The number of aliphatic hydroxyl groups is 1. The smallest absolute Gasteiger partial charge is 0.317 e. The summed E-state index contributed by atoms with van der Waals surface area (Å²) in [6.07, 6.45) is 2.21. The lowest BCUT2D eigenvalue weighted by atomic mass is 10.1. The predicted octanol–water partition coefficient (Wildman–Crippen LogP) is 1.57. The first-order valence-corrected chi connectivity index (χ1v) is 8.48. The zero-order valence-corrected chi connectivity index (χ0v) is 14.2. The maximum Gasteiger partial charge on any atom is 0.317 e. The summed E-state index contributed by atoms with van der Waals surface area (Å²) in [5.74, 6) is 0.521. The fraction of sp³-hybridized carbons (Fsp3) is 0.611. The first-order valence-electron chi connectivity index (χ1n) is 8.48. The first kappa shape index (κ1) is 17.8. The summed E-state index contributed by atoms with van der Waals surface area (Å²) in [4.78, 5) is 16.0. The Kier molecular flexibility index (Phi) is 6.86. The minimum absolute atomic E-state index is 0.0133. The number of aliphatic hydroxyl groups excluding tert-OH is 1. The normalized spacial score (nSPS) is 19.5. The average Bonchev–Trinajstić information content (AvgIpc) is 3.05. The Bertz CT molecular complexity index is 480. The second-order valence-corrected chi connectivity index (χ2v) is 6.52. The third kappa shape index (κ3) is 5.52. The molecule has 1 aliphatic heterocycles. The lowest BCUT2D eigenvalue weighted by molar-refractivity contribution is 0.156. The van der Waals surface area contributed by atoms with Crippen LogP contribution >= 0.6 is 0 Å². The molecule has 1 fully saturated rings. The molecule has 1 aromatic carbocycles. The molecule has 2 amide bonds. The van der Waals surface area contributed by atoms with Crippen molar-refractivity contribution < 1.29 is 9.90 Å². The Hall–Kier alpha value is -1.59. The minimum atomic E-state index is -0.152. The molecule has 0 radical (unpaired) electrons. The zero-order valence-electron chi connectivity index (χ0n) is 14.2. The molecule has 23 heavy (non-hydrogen) atoms. The minimum Gasteiger partial charge on any atom is -0.394 e. The van der Waals surface area contributed by atoms with Crippen molar-refractivity contribution in [2.24, 2.45) is 5.92 Å². The van der Waals surface area contributed by atoms with Crippen LogP contribution in [0, 0.1) is 5.92 Å². The van der Waals surface area contributed by atoms with Crippen LogP contribution in [0.15, 0.2) is 30.3 Å². The highest BCUT2D eigenvalue weighted by molar-refractivity contribution is 5.74. The van der Waals surface area contributed by atoms with Crippen LogP contribution < -0.4 is 5.32 Å². The van der Waals surface area contributed by atoms with Gasteiger partial charge in [-0.05, 0) is 37.8 Å². The topological polar surface area (TPSA) is 55.8 Å². The third-order valence-electron chi connectivity index (χ3n) is 4.72. The summed E-state index contributed by atoms with van der Waals surface area (Å²) in [5.41, 5.74) is 1.38. The Labute approximate surface area is 139 Å². The SMILES string of the molecule is CC(CO)N(C)C(=O)NCC1CCN(CCc2ccccc2)C1. The van der Waals surface area contributed by atoms with E-state index in [9.17, 15) is 4.79 Å². The first-order chi connectivity index (χ1) is 11.1. The lowest BCUT2D eigenvalue weighted by Gasteiger charge is -2.24. The molecule has 1 aliphatic rings. The molecule has 128 valence electrons. The molecular formula is C18H29N3O2. The summed E-state index contributed by atoms with van der Waals surface area (Å²) < 4.78 is 0. The van der Waals surface area contributed by atoms with E-state index in [0.29, 0.717) is 12.5 Å². The van der Waals surface area contributed by atoms with Crippen LogP contribution in [0.5, 0.6) is 0 Å². The second kappa shape index (κ2) is 8.89. The molecule has 2 atom stereocenters. The molecule has 0 aromatic heterocycles. The monoisotopic (exact) mass is 319 g/mol. The number of likely N-dealkylation sites (tertiary alicyclic amines) is 1. The van der Waals surface area contributed by atoms with Crippen molar-refractivity contribution in [3.8, 4) is 0 Å². The van der Waals surface area contributed by atoms with Gasteiger partial charge in [-0.15, -0.1) is 0 Å². The number of benzene rings is 1. The van der Waals surface area contributed by atoms with Gasteiger partial charge in [0.15, 0.2) is 0 Å².